The molecule has 4 nitrogen and oxygen atoms in total. The van der Waals surface area contributed by atoms with Crippen LogP contribution in [0.4, 0.5) is 5.69 Å². The van der Waals surface area contributed by atoms with E-state index in [1.807, 2.05) is 26.8 Å². The van der Waals surface area contributed by atoms with Crippen molar-refractivity contribution in [3.8, 4) is 0 Å². The Morgan fingerprint density at radius 3 is 2.35 bits per heavy atom. The van der Waals surface area contributed by atoms with Gasteiger partial charge in [0.05, 0.1) is 0 Å². The molecule has 0 spiro atoms. The molecule has 2 amide bonds. The van der Waals surface area contributed by atoms with Gasteiger partial charge in [-0.1, -0.05) is 18.7 Å². The molecule has 0 bridgehead atoms. The average Bonchev–Trinajstić information content (AvgIpc) is 2.58. The normalized spacial score (nSPS) is 10.8. The number of allylic oxidation sites excluding steroid dienone is 1. The summed E-state index contributed by atoms with van der Waals surface area (Å²) in [5.41, 5.74) is 2.46. The van der Waals surface area contributed by atoms with Gasteiger partial charge in [-0.3, -0.25) is 9.59 Å². The number of carbonyl (C=O) groups excluding carboxylic acids is 2. The lowest BCUT2D eigenvalue weighted by molar-refractivity contribution is -0.112. The van der Waals surface area contributed by atoms with Gasteiger partial charge in [0, 0.05) is 29.9 Å². The first-order chi connectivity index (χ1) is 10.9. The zero-order valence-electron chi connectivity index (χ0n) is 14.1. The van der Waals surface area contributed by atoms with Crippen LogP contribution < -0.4 is 5.32 Å². The first-order valence-electron chi connectivity index (χ1n) is 7.58. The van der Waals surface area contributed by atoms with Crippen LogP contribution in [0.1, 0.15) is 31.1 Å². The Bertz CT molecular complexity index is 627. The summed E-state index contributed by atoms with van der Waals surface area (Å²) < 4.78 is 0. The number of benzene rings is 1. The van der Waals surface area contributed by atoms with Crippen molar-refractivity contribution in [2.75, 3.05) is 18.4 Å². The van der Waals surface area contributed by atoms with Crippen LogP contribution in [0.5, 0.6) is 0 Å². The van der Waals surface area contributed by atoms with Gasteiger partial charge in [-0.2, -0.15) is 0 Å². The van der Waals surface area contributed by atoms with Gasteiger partial charge in [0.25, 0.3) is 11.8 Å². The Kier molecular flexibility index (Phi) is 7.00. The number of hydrogen-bond acceptors (Lipinski definition) is 2. The Morgan fingerprint density at radius 1 is 1.26 bits per heavy atom. The summed E-state index contributed by atoms with van der Waals surface area (Å²) in [4.78, 5) is 26.0. The van der Waals surface area contributed by atoms with Crippen LogP contribution in [0.15, 0.2) is 60.7 Å². The molecule has 1 aromatic carbocycles. The van der Waals surface area contributed by atoms with E-state index in [2.05, 4.69) is 18.5 Å². The summed E-state index contributed by atoms with van der Waals surface area (Å²) in [6.07, 6.45) is 3.54. The fourth-order valence-corrected chi connectivity index (χ4v) is 1.95. The molecule has 0 aliphatic carbocycles. The van der Waals surface area contributed by atoms with E-state index >= 15 is 0 Å². The van der Waals surface area contributed by atoms with Gasteiger partial charge < -0.3 is 10.2 Å². The maximum Gasteiger partial charge on any atom is 0.255 e. The first-order valence-corrected chi connectivity index (χ1v) is 7.58. The Balaban J connectivity index is 2.81. The predicted molar refractivity (Wildman–Crippen MR) is 95.4 cm³/mol. The molecule has 0 saturated heterocycles. The van der Waals surface area contributed by atoms with Crippen LogP contribution >= 0.6 is 0 Å². The lowest BCUT2D eigenvalue weighted by Crippen LogP contribution is -2.30. The topological polar surface area (TPSA) is 49.4 Å². The summed E-state index contributed by atoms with van der Waals surface area (Å²) in [6.45, 7) is 14.2. The van der Waals surface area contributed by atoms with Crippen molar-refractivity contribution < 1.29 is 9.59 Å². The van der Waals surface area contributed by atoms with E-state index < -0.39 is 0 Å². The smallest absolute Gasteiger partial charge is 0.255 e. The summed E-state index contributed by atoms with van der Waals surface area (Å²) in [5.74, 6) is -0.305. The van der Waals surface area contributed by atoms with Crippen LogP contribution in [0, 0.1) is 0 Å². The van der Waals surface area contributed by atoms with Gasteiger partial charge in [-0.05, 0) is 50.6 Å². The maximum atomic E-state index is 12.3. The monoisotopic (exact) mass is 312 g/mol. The van der Waals surface area contributed by atoms with Gasteiger partial charge in [-0.25, -0.2) is 0 Å². The molecule has 0 unspecified atom stereocenters. The summed E-state index contributed by atoms with van der Waals surface area (Å²) in [7, 11) is 0. The highest BCUT2D eigenvalue weighted by molar-refractivity contribution is 6.06. The van der Waals surface area contributed by atoms with Crippen LogP contribution in [0.2, 0.25) is 0 Å². The van der Waals surface area contributed by atoms with Crippen LogP contribution in [0.3, 0.4) is 0 Å². The highest BCUT2D eigenvalue weighted by atomic mass is 16.2. The second-order valence-corrected chi connectivity index (χ2v) is 5.11. The molecule has 23 heavy (non-hydrogen) atoms. The third-order valence-electron chi connectivity index (χ3n) is 3.59. The zero-order chi connectivity index (χ0) is 17.4. The first kappa shape index (κ1) is 18.4. The van der Waals surface area contributed by atoms with Crippen molar-refractivity contribution in [3.05, 3.63) is 66.3 Å². The van der Waals surface area contributed by atoms with Crippen molar-refractivity contribution in [3.63, 3.8) is 0 Å². The van der Waals surface area contributed by atoms with Crippen LogP contribution in [0.25, 0.3) is 0 Å². The SMILES string of the molecule is C=CCN(CC)C(=O)c1ccc(NC(=O)C(=C)C(C)=CC)cc1. The number of nitrogens with one attached hydrogen (secondary N) is 1. The number of nitrogens with zero attached hydrogens (tertiary/aromatic N) is 1. The second-order valence-electron chi connectivity index (χ2n) is 5.11. The summed E-state index contributed by atoms with van der Waals surface area (Å²) in [6, 6.07) is 6.83. The standard InChI is InChI=1S/C19H24N2O2/c1-6-13-21(8-3)19(23)16-9-11-17(12-10-16)20-18(22)15(5)14(4)7-2/h6-7,9-12H,1,5,8,13H2,2-4H3,(H,20,22). The van der Waals surface area contributed by atoms with Crippen LogP contribution in [-0.4, -0.2) is 29.8 Å². The van der Waals surface area contributed by atoms with Gasteiger partial charge in [0.1, 0.15) is 0 Å². The van der Waals surface area contributed by atoms with Crippen molar-refractivity contribution >= 4 is 17.5 Å². The third-order valence-corrected chi connectivity index (χ3v) is 3.59. The molecule has 1 rings (SSSR count). The molecule has 0 aliphatic rings. The number of amides is 2. The van der Waals surface area contributed by atoms with Crippen LogP contribution in [-0.2, 0) is 4.79 Å². The summed E-state index contributed by atoms with van der Waals surface area (Å²) in [5, 5.41) is 2.77. The molecule has 1 aromatic rings. The fourth-order valence-electron chi connectivity index (χ4n) is 1.95. The second kappa shape index (κ2) is 8.73. The van der Waals surface area contributed by atoms with E-state index in [0.29, 0.717) is 29.9 Å². The lowest BCUT2D eigenvalue weighted by Gasteiger charge is -2.19. The molecule has 0 fully saturated rings. The van der Waals surface area contributed by atoms with Crippen molar-refractivity contribution in [1.29, 1.82) is 0 Å². The molecule has 0 aliphatic heterocycles. The zero-order valence-corrected chi connectivity index (χ0v) is 14.1. The van der Waals surface area contributed by atoms with Gasteiger partial charge >= 0.3 is 0 Å². The molecular formula is C19H24N2O2. The third kappa shape index (κ3) is 4.95. The average molecular weight is 312 g/mol. The van der Waals surface area contributed by atoms with Gasteiger partial charge in [-0.15, -0.1) is 6.58 Å². The maximum absolute atomic E-state index is 12.3. The quantitative estimate of drug-likeness (QED) is 0.473. The van der Waals surface area contributed by atoms with Crippen molar-refractivity contribution in [2.45, 2.75) is 20.8 Å². The molecule has 0 heterocycles. The molecule has 0 atom stereocenters. The molecule has 0 aromatic heterocycles. The number of rotatable bonds is 7. The molecular weight excluding hydrogens is 288 g/mol. The minimum atomic E-state index is -0.249. The highest BCUT2D eigenvalue weighted by Gasteiger charge is 2.13. The van der Waals surface area contributed by atoms with E-state index in [1.54, 1.807) is 35.2 Å². The van der Waals surface area contributed by atoms with E-state index in [0.717, 1.165) is 5.57 Å². The molecule has 1 N–H and O–H groups in total. The number of anilines is 1. The van der Waals surface area contributed by atoms with E-state index in [-0.39, 0.29) is 11.8 Å². The van der Waals surface area contributed by atoms with Gasteiger partial charge in [0.15, 0.2) is 0 Å². The van der Waals surface area contributed by atoms with E-state index in [9.17, 15) is 9.59 Å². The highest BCUT2D eigenvalue weighted by Crippen LogP contribution is 2.14. The molecule has 122 valence electrons. The molecule has 4 heteroatoms. The molecule has 0 radical (unpaired) electrons. The fraction of sp³-hybridized carbons (Fsp3) is 0.263. The largest absolute Gasteiger partial charge is 0.335 e. The lowest BCUT2D eigenvalue weighted by atomic mass is 10.1. The minimum Gasteiger partial charge on any atom is -0.335 e. The van der Waals surface area contributed by atoms with Gasteiger partial charge in [0.2, 0.25) is 0 Å². The van der Waals surface area contributed by atoms with E-state index in [4.69, 9.17) is 0 Å². The predicted octanol–water partition coefficient (Wildman–Crippen LogP) is 3.80. The Hall–Kier alpha value is -2.62. The molecule has 0 saturated carbocycles. The number of carbonyl (C=O) groups is 2. The Labute approximate surface area is 138 Å². The van der Waals surface area contributed by atoms with E-state index in [1.165, 1.54) is 0 Å². The Morgan fingerprint density at radius 2 is 1.87 bits per heavy atom. The number of likely N-dealkylation sites (N-methyl/N-ethyl adjacent to an activating group) is 1. The minimum absolute atomic E-state index is 0.0561. The van der Waals surface area contributed by atoms with Crippen molar-refractivity contribution in [1.82, 2.24) is 4.90 Å². The van der Waals surface area contributed by atoms with Crippen molar-refractivity contribution in [2.24, 2.45) is 0 Å². The summed E-state index contributed by atoms with van der Waals surface area (Å²) >= 11 is 0. The number of hydrogen-bond donors (Lipinski definition) is 1.